The van der Waals surface area contributed by atoms with E-state index in [1.807, 2.05) is 38.1 Å². The Labute approximate surface area is 216 Å². The monoisotopic (exact) mass is 490 g/mol. The van der Waals surface area contributed by atoms with Crippen LogP contribution in [0.5, 0.6) is 0 Å². The maximum atomic E-state index is 12.1. The lowest BCUT2D eigenvalue weighted by Gasteiger charge is -2.05. The molecule has 6 heteroatoms. The van der Waals surface area contributed by atoms with Crippen molar-refractivity contribution in [2.24, 2.45) is 10.2 Å². The summed E-state index contributed by atoms with van der Waals surface area (Å²) in [5, 5.41) is 8.46. The Kier molecular flexibility index (Phi) is 13.2. The van der Waals surface area contributed by atoms with Crippen molar-refractivity contribution in [1.29, 1.82) is 0 Å². The van der Waals surface area contributed by atoms with Gasteiger partial charge < -0.3 is 0 Å². The van der Waals surface area contributed by atoms with E-state index in [1.165, 1.54) is 11.1 Å². The molecule has 194 valence electrons. The van der Waals surface area contributed by atoms with Crippen LogP contribution in [-0.2, 0) is 22.4 Å². The van der Waals surface area contributed by atoms with Crippen molar-refractivity contribution in [2.75, 3.05) is 0 Å². The van der Waals surface area contributed by atoms with Crippen molar-refractivity contribution in [3.8, 4) is 0 Å². The van der Waals surface area contributed by atoms with E-state index in [0.717, 1.165) is 73.9 Å². The molecule has 36 heavy (non-hydrogen) atoms. The van der Waals surface area contributed by atoms with Gasteiger partial charge in [-0.05, 0) is 61.8 Å². The average Bonchev–Trinajstić information content (AvgIpc) is 2.89. The highest BCUT2D eigenvalue weighted by Crippen LogP contribution is 2.10. The highest BCUT2D eigenvalue weighted by molar-refractivity contribution is 5.99. The summed E-state index contributed by atoms with van der Waals surface area (Å²) in [6.07, 6.45) is 8.59. The Morgan fingerprint density at radius 2 is 0.972 bits per heavy atom. The highest BCUT2D eigenvalue weighted by atomic mass is 16.2. The quantitative estimate of drug-likeness (QED) is 0.174. The van der Waals surface area contributed by atoms with Crippen LogP contribution in [0.4, 0.5) is 0 Å². The van der Waals surface area contributed by atoms with E-state index in [0.29, 0.717) is 12.8 Å². The Hall–Kier alpha value is -3.28. The largest absolute Gasteiger partial charge is 0.273 e. The Morgan fingerprint density at radius 3 is 1.31 bits per heavy atom. The molecule has 0 saturated carbocycles. The first-order valence-corrected chi connectivity index (χ1v) is 13.3. The van der Waals surface area contributed by atoms with Crippen LogP contribution in [0, 0.1) is 0 Å². The topological polar surface area (TPSA) is 82.9 Å². The third-order valence-corrected chi connectivity index (χ3v) is 6.08. The van der Waals surface area contributed by atoms with Crippen molar-refractivity contribution in [2.45, 2.75) is 91.9 Å². The van der Waals surface area contributed by atoms with Crippen LogP contribution < -0.4 is 10.9 Å². The zero-order chi connectivity index (χ0) is 26.2. The molecule has 0 spiro atoms. The maximum absolute atomic E-state index is 12.1. The van der Waals surface area contributed by atoms with E-state index in [4.69, 9.17) is 0 Å². The fourth-order valence-corrected chi connectivity index (χ4v) is 3.86. The molecule has 2 amide bonds. The molecule has 0 atom stereocenters. The molecule has 6 nitrogen and oxygen atoms in total. The third kappa shape index (κ3) is 11.0. The minimum absolute atomic E-state index is 0.0813. The second kappa shape index (κ2) is 16.4. The molecule has 2 aromatic rings. The summed E-state index contributed by atoms with van der Waals surface area (Å²) in [6, 6.07) is 16.6. The van der Waals surface area contributed by atoms with Gasteiger partial charge in [-0.1, -0.05) is 88.1 Å². The van der Waals surface area contributed by atoms with E-state index in [-0.39, 0.29) is 11.8 Å². The molecule has 2 N–H and O–H groups in total. The number of nitrogens with one attached hydrogen (secondary N) is 2. The normalized spacial score (nSPS) is 11.9. The lowest BCUT2D eigenvalue weighted by atomic mass is 10.1. The first kappa shape index (κ1) is 29.0. The smallest absolute Gasteiger partial charge is 0.240 e. The number of hydrazone groups is 2. The zero-order valence-corrected chi connectivity index (χ0v) is 22.4. The molecule has 2 rings (SSSR count). The van der Waals surface area contributed by atoms with Crippen LogP contribution in [0.1, 0.15) is 101 Å². The minimum atomic E-state index is -0.0813. The van der Waals surface area contributed by atoms with Gasteiger partial charge in [0.2, 0.25) is 11.8 Å². The first-order chi connectivity index (χ1) is 17.4. The van der Waals surface area contributed by atoms with Crippen LogP contribution in [0.2, 0.25) is 0 Å². The van der Waals surface area contributed by atoms with Crippen molar-refractivity contribution >= 4 is 23.2 Å². The summed E-state index contributed by atoms with van der Waals surface area (Å²) in [6.45, 7) is 8.13. The summed E-state index contributed by atoms with van der Waals surface area (Å²) in [4.78, 5) is 24.2. The number of benzene rings is 2. The van der Waals surface area contributed by atoms with Gasteiger partial charge in [0.1, 0.15) is 0 Å². The number of hydrogen-bond donors (Lipinski definition) is 2. The van der Waals surface area contributed by atoms with Crippen LogP contribution in [-0.4, -0.2) is 23.2 Å². The van der Waals surface area contributed by atoms with Crippen molar-refractivity contribution < 1.29 is 9.59 Å². The van der Waals surface area contributed by atoms with E-state index in [9.17, 15) is 9.59 Å². The molecular formula is C30H42N4O2. The van der Waals surface area contributed by atoms with Crippen LogP contribution in [0.15, 0.2) is 58.7 Å². The van der Waals surface area contributed by atoms with E-state index in [2.05, 4.69) is 59.2 Å². The Bertz CT molecular complexity index is 925. The van der Waals surface area contributed by atoms with Gasteiger partial charge in [0.05, 0.1) is 11.4 Å². The van der Waals surface area contributed by atoms with Gasteiger partial charge in [0.15, 0.2) is 0 Å². The van der Waals surface area contributed by atoms with Gasteiger partial charge in [-0.25, -0.2) is 10.9 Å². The fraction of sp³-hybridized carbons (Fsp3) is 0.467. The van der Waals surface area contributed by atoms with E-state index < -0.39 is 0 Å². The van der Waals surface area contributed by atoms with Crippen LogP contribution in [0.25, 0.3) is 0 Å². The van der Waals surface area contributed by atoms with Crippen molar-refractivity contribution in [3.63, 3.8) is 0 Å². The predicted molar refractivity (Wildman–Crippen MR) is 149 cm³/mol. The second-order valence-electron chi connectivity index (χ2n) is 9.27. The van der Waals surface area contributed by atoms with Crippen LogP contribution >= 0.6 is 0 Å². The first-order valence-electron chi connectivity index (χ1n) is 13.3. The Balaban J connectivity index is 1.59. The summed E-state index contributed by atoms with van der Waals surface area (Å²) in [5.74, 6) is -0.163. The molecule has 0 unspecified atom stereocenters. The molecule has 0 radical (unpaired) electrons. The number of unbranched alkanes of at least 4 members (excludes halogenated alkanes) is 3. The average molecular weight is 491 g/mol. The number of carbonyl (C=O) groups excluding carboxylic acids is 2. The number of hydrogen-bond acceptors (Lipinski definition) is 4. The minimum Gasteiger partial charge on any atom is -0.273 e. The molecule has 0 aliphatic carbocycles. The third-order valence-electron chi connectivity index (χ3n) is 6.08. The molecule has 0 bridgehead atoms. The van der Waals surface area contributed by atoms with E-state index in [1.54, 1.807) is 0 Å². The molecule has 0 saturated heterocycles. The van der Waals surface area contributed by atoms with Gasteiger partial charge in [-0.3, -0.25) is 9.59 Å². The molecule has 0 fully saturated rings. The maximum Gasteiger partial charge on any atom is 0.240 e. The fourth-order valence-electron chi connectivity index (χ4n) is 3.86. The van der Waals surface area contributed by atoms with Crippen molar-refractivity contribution in [3.05, 3.63) is 70.8 Å². The standard InChI is InChI=1S/C30H42N4O2/c1-5-11-25-15-19-27(20-16-25)23(3)31-33-29(35)13-9-7-8-10-14-30(36)34-32-24(4)28-21-17-26(12-6-2)18-22-28/h15-22H,5-14H2,1-4H3,(H,33,35)(H,34,36). The highest BCUT2D eigenvalue weighted by Gasteiger charge is 2.05. The van der Waals surface area contributed by atoms with Gasteiger partial charge in [-0.15, -0.1) is 0 Å². The number of nitrogens with zero attached hydrogens (tertiary/aromatic N) is 2. The SMILES string of the molecule is CCCc1ccc(C(C)=NNC(=O)CCCCCCC(=O)NN=C(C)c2ccc(CCC)cc2)cc1. The zero-order valence-electron chi connectivity index (χ0n) is 22.4. The summed E-state index contributed by atoms with van der Waals surface area (Å²) < 4.78 is 0. The number of carbonyl (C=O) groups is 2. The lowest BCUT2D eigenvalue weighted by Crippen LogP contribution is -2.19. The van der Waals surface area contributed by atoms with Crippen molar-refractivity contribution in [1.82, 2.24) is 10.9 Å². The van der Waals surface area contributed by atoms with Gasteiger partial charge >= 0.3 is 0 Å². The summed E-state index contributed by atoms with van der Waals surface area (Å²) >= 11 is 0. The lowest BCUT2D eigenvalue weighted by molar-refractivity contribution is -0.122. The number of amides is 2. The number of aryl methyl sites for hydroxylation is 2. The molecule has 0 aliphatic heterocycles. The van der Waals surface area contributed by atoms with Crippen LogP contribution in [0.3, 0.4) is 0 Å². The Morgan fingerprint density at radius 1 is 0.611 bits per heavy atom. The molecule has 2 aromatic carbocycles. The van der Waals surface area contributed by atoms with E-state index >= 15 is 0 Å². The molecular weight excluding hydrogens is 448 g/mol. The molecule has 0 heterocycles. The van der Waals surface area contributed by atoms with Gasteiger partial charge in [0, 0.05) is 12.8 Å². The van der Waals surface area contributed by atoms with Gasteiger partial charge in [-0.2, -0.15) is 10.2 Å². The molecule has 0 aliphatic rings. The number of rotatable bonds is 15. The second-order valence-corrected chi connectivity index (χ2v) is 9.27. The summed E-state index contributed by atoms with van der Waals surface area (Å²) in [5.41, 5.74) is 11.5. The predicted octanol–water partition coefficient (Wildman–Crippen LogP) is 6.31. The van der Waals surface area contributed by atoms with Gasteiger partial charge in [0.25, 0.3) is 0 Å². The molecule has 0 aromatic heterocycles. The summed E-state index contributed by atoms with van der Waals surface area (Å²) in [7, 11) is 0.